The Kier molecular flexibility index (Phi) is 6.44. The average Bonchev–Trinajstić information content (AvgIpc) is 2.28. The van der Waals surface area contributed by atoms with E-state index in [1.807, 2.05) is 0 Å². The molecule has 0 aromatic heterocycles. The first-order chi connectivity index (χ1) is 8.25. The lowest BCUT2D eigenvalue weighted by Crippen LogP contribution is -2.58. The van der Waals surface area contributed by atoms with E-state index in [4.69, 9.17) is 0 Å². The van der Waals surface area contributed by atoms with Gasteiger partial charge >= 0.3 is 12.0 Å². The maximum atomic E-state index is 11.9. The predicted molar refractivity (Wildman–Crippen MR) is 71.5 cm³/mol. The molecule has 0 heterocycles. The van der Waals surface area contributed by atoms with Gasteiger partial charge in [0.05, 0.1) is 0 Å². The number of carbonyl (C=O) groups is 2. The van der Waals surface area contributed by atoms with E-state index < -0.39 is 11.5 Å². The van der Waals surface area contributed by atoms with Gasteiger partial charge in [0.15, 0.2) is 0 Å². The molecule has 0 rings (SSSR count). The van der Waals surface area contributed by atoms with Gasteiger partial charge in [-0.1, -0.05) is 19.9 Å². The highest BCUT2D eigenvalue weighted by atomic mass is 16.4. The summed E-state index contributed by atoms with van der Waals surface area (Å²) in [7, 11) is 1.65. The quantitative estimate of drug-likeness (QED) is 0.541. The van der Waals surface area contributed by atoms with Crippen molar-refractivity contribution >= 4 is 12.0 Å². The van der Waals surface area contributed by atoms with Gasteiger partial charge in [0.25, 0.3) is 0 Å². The molecule has 18 heavy (non-hydrogen) atoms. The van der Waals surface area contributed by atoms with Crippen molar-refractivity contribution in [2.24, 2.45) is 5.92 Å². The lowest BCUT2D eigenvalue weighted by molar-refractivity contribution is -0.145. The summed E-state index contributed by atoms with van der Waals surface area (Å²) in [4.78, 5) is 24.6. The molecule has 0 aliphatic heterocycles. The van der Waals surface area contributed by atoms with Gasteiger partial charge in [0.1, 0.15) is 5.54 Å². The maximum absolute atomic E-state index is 11.9. The highest BCUT2D eigenvalue weighted by Gasteiger charge is 2.38. The van der Waals surface area contributed by atoms with Crippen LogP contribution in [0.15, 0.2) is 12.7 Å². The number of nitrogens with zero attached hydrogens (tertiary/aromatic N) is 1. The van der Waals surface area contributed by atoms with Crippen LogP contribution in [0.2, 0.25) is 0 Å². The number of hydrogen-bond donors (Lipinski definition) is 2. The molecule has 0 radical (unpaired) electrons. The molecule has 0 unspecified atom stereocenters. The number of allylic oxidation sites excluding steroid dienone is 1. The van der Waals surface area contributed by atoms with E-state index in [9.17, 15) is 14.7 Å². The maximum Gasteiger partial charge on any atom is 0.329 e. The number of unbranched alkanes of at least 4 members (excludes halogenated alkanes) is 1. The molecule has 0 fully saturated rings. The van der Waals surface area contributed by atoms with Crippen molar-refractivity contribution in [3.8, 4) is 0 Å². The molecule has 0 aromatic carbocycles. The van der Waals surface area contributed by atoms with E-state index in [0.29, 0.717) is 6.54 Å². The van der Waals surface area contributed by atoms with Crippen LogP contribution in [0.4, 0.5) is 4.79 Å². The number of carboxylic acid groups (broad SMARTS) is 1. The van der Waals surface area contributed by atoms with Crippen molar-refractivity contribution in [3.05, 3.63) is 12.7 Å². The summed E-state index contributed by atoms with van der Waals surface area (Å²) in [6, 6.07) is -0.363. The number of nitrogens with one attached hydrogen (secondary N) is 1. The number of carboxylic acids is 1. The van der Waals surface area contributed by atoms with Gasteiger partial charge in [-0.2, -0.15) is 0 Å². The van der Waals surface area contributed by atoms with Crippen LogP contribution in [-0.4, -0.2) is 41.1 Å². The van der Waals surface area contributed by atoms with Gasteiger partial charge in [0.2, 0.25) is 0 Å². The minimum Gasteiger partial charge on any atom is -0.480 e. The molecule has 5 heteroatoms. The second-order valence-electron chi connectivity index (χ2n) is 4.94. The van der Waals surface area contributed by atoms with Gasteiger partial charge in [-0.05, 0) is 25.7 Å². The minimum absolute atomic E-state index is 0.194. The predicted octanol–water partition coefficient (Wildman–Crippen LogP) is 2.09. The highest BCUT2D eigenvalue weighted by molar-refractivity contribution is 5.86. The average molecular weight is 256 g/mol. The number of urea groups is 1. The Hall–Kier alpha value is -1.52. The molecule has 1 atom stereocenters. The van der Waals surface area contributed by atoms with E-state index >= 15 is 0 Å². The Balaban J connectivity index is 4.52. The molecule has 0 aliphatic carbocycles. The smallest absolute Gasteiger partial charge is 0.329 e. The highest BCUT2D eigenvalue weighted by Crippen LogP contribution is 2.17. The summed E-state index contributed by atoms with van der Waals surface area (Å²) in [5.41, 5.74) is -1.25. The van der Waals surface area contributed by atoms with Crippen LogP contribution in [0, 0.1) is 5.92 Å². The van der Waals surface area contributed by atoms with Crippen LogP contribution in [0.1, 0.15) is 33.6 Å². The number of rotatable bonds is 7. The van der Waals surface area contributed by atoms with Gasteiger partial charge < -0.3 is 15.3 Å². The van der Waals surface area contributed by atoms with Crippen LogP contribution in [0.25, 0.3) is 0 Å². The minimum atomic E-state index is -1.25. The molecule has 0 saturated heterocycles. The second-order valence-corrected chi connectivity index (χ2v) is 4.94. The Morgan fingerprint density at radius 3 is 2.44 bits per heavy atom. The first kappa shape index (κ1) is 16.5. The van der Waals surface area contributed by atoms with Gasteiger partial charge in [-0.25, -0.2) is 9.59 Å². The Bertz CT molecular complexity index is 315. The third kappa shape index (κ3) is 4.39. The zero-order valence-electron chi connectivity index (χ0n) is 11.7. The monoisotopic (exact) mass is 256 g/mol. The zero-order valence-corrected chi connectivity index (χ0v) is 11.7. The van der Waals surface area contributed by atoms with E-state index in [1.165, 1.54) is 11.8 Å². The summed E-state index contributed by atoms with van der Waals surface area (Å²) in [5, 5.41) is 11.8. The lowest BCUT2D eigenvalue weighted by atomic mass is 9.89. The van der Waals surface area contributed by atoms with Gasteiger partial charge in [-0.3, -0.25) is 0 Å². The molecule has 0 bridgehead atoms. The first-order valence-electron chi connectivity index (χ1n) is 6.13. The molecule has 0 aliphatic rings. The Labute approximate surface area is 109 Å². The molecular weight excluding hydrogens is 232 g/mol. The summed E-state index contributed by atoms with van der Waals surface area (Å²) in [6.45, 7) is 9.25. The number of aliphatic carboxylic acids is 1. The zero-order chi connectivity index (χ0) is 14.3. The topological polar surface area (TPSA) is 69.6 Å². The van der Waals surface area contributed by atoms with Gasteiger partial charge in [0, 0.05) is 13.6 Å². The van der Waals surface area contributed by atoms with E-state index in [2.05, 4.69) is 11.9 Å². The van der Waals surface area contributed by atoms with E-state index in [1.54, 1.807) is 27.0 Å². The van der Waals surface area contributed by atoms with Crippen molar-refractivity contribution in [1.29, 1.82) is 0 Å². The van der Waals surface area contributed by atoms with Crippen LogP contribution >= 0.6 is 0 Å². The third-order valence-electron chi connectivity index (χ3n) is 3.21. The van der Waals surface area contributed by atoms with E-state index in [0.717, 1.165) is 12.8 Å². The normalized spacial score (nSPS) is 13.8. The summed E-state index contributed by atoms with van der Waals surface area (Å²) < 4.78 is 0. The molecule has 2 amide bonds. The van der Waals surface area contributed by atoms with Crippen molar-refractivity contribution in [1.82, 2.24) is 10.2 Å². The fraction of sp³-hybridized carbons (Fsp3) is 0.692. The molecule has 2 N–H and O–H groups in total. The van der Waals surface area contributed by atoms with Crippen molar-refractivity contribution < 1.29 is 14.7 Å². The molecule has 0 aromatic rings. The Morgan fingerprint density at radius 2 is 2.06 bits per heavy atom. The lowest BCUT2D eigenvalue weighted by Gasteiger charge is -2.32. The molecular formula is C13H24N2O3. The molecule has 5 nitrogen and oxygen atoms in total. The first-order valence-corrected chi connectivity index (χ1v) is 6.13. The number of hydrogen-bond acceptors (Lipinski definition) is 2. The summed E-state index contributed by atoms with van der Waals surface area (Å²) >= 11 is 0. The van der Waals surface area contributed by atoms with Crippen molar-refractivity contribution in [2.75, 3.05) is 13.6 Å². The fourth-order valence-corrected chi connectivity index (χ4v) is 1.34. The molecule has 0 spiro atoms. The van der Waals surface area contributed by atoms with Crippen molar-refractivity contribution in [2.45, 2.75) is 39.2 Å². The largest absolute Gasteiger partial charge is 0.480 e. The van der Waals surface area contributed by atoms with Gasteiger partial charge in [-0.15, -0.1) is 6.58 Å². The van der Waals surface area contributed by atoms with Crippen LogP contribution in [-0.2, 0) is 4.79 Å². The fourth-order valence-electron chi connectivity index (χ4n) is 1.34. The van der Waals surface area contributed by atoms with Crippen molar-refractivity contribution in [3.63, 3.8) is 0 Å². The summed E-state index contributed by atoms with van der Waals surface area (Å²) in [5.74, 6) is -1.22. The molecule has 0 saturated carbocycles. The van der Waals surface area contributed by atoms with Crippen LogP contribution in [0.3, 0.4) is 0 Å². The summed E-state index contributed by atoms with van der Waals surface area (Å²) in [6.07, 6.45) is 3.44. The van der Waals surface area contributed by atoms with Crippen LogP contribution < -0.4 is 5.32 Å². The van der Waals surface area contributed by atoms with Crippen LogP contribution in [0.5, 0.6) is 0 Å². The standard InChI is InChI=1S/C13H24N2O3/c1-6-7-8-9-15(5)12(18)14-13(4,10(2)3)11(16)17/h6,10H,1,7-9H2,2-5H3,(H,14,18)(H,16,17)/t13-/m0/s1. The van der Waals surface area contributed by atoms with E-state index in [-0.39, 0.29) is 11.9 Å². The Morgan fingerprint density at radius 1 is 1.50 bits per heavy atom. The number of carbonyl (C=O) groups excluding carboxylic acids is 1. The number of amides is 2. The second kappa shape index (κ2) is 7.03. The SMILES string of the molecule is C=CCCCN(C)C(=O)N[C@](C)(C(=O)O)C(C)C. The molecule has 104 valence electrons. The third-order valence-corrected chi connectivity index (χ3v) is 3.21.